The quantitative estimate of drug-likeness (QED) is 0.442. The number of hydrogen-bond acceptors (Lipinski definition) is 0. The maximum atomic E-state index is 2.74. The Morgan fingerprint density at radius 3 is 2.00 bits per heavy atom. The fourth-order valence-electron chi connectivity index (χ4n) is 0.0861. The van der Waals surface area contributed by atoms with Crippen LogP contribution in [0, 0.1) is 0 Å². The summed E-state index contributed by atoms with van der Waals surface area (Å²) in [7, 11) is 9.19. The number of rotatable bonds is 2. The van der Waals surface area contributed by atoms with Crippen LogP contribution in [0.2, 0.25) is 0 Å². The third kappa shape index (κ3) is 6.21. The molecule has 0 bridgehead atoms. The van der Waals surface area contributed by atoms with Gasteiger partial charge in [0.2, 0.25) is 0 Å². The Labute approximate surface area is 49.4 Å². The van der Waals surface area contributed by atoms with Crippen LogP contribution in [-0.2, 0) is 0 Å². The normalized spacial score (nSPS) is 11.3. The summed E-state index contributed by atoms with van der Waals surface area (Å²) in [6.07, 6.45) is 0. The van der Waals surface area contributed by atoms with Crippen molar-refractivity contribution in [1.29, 1.82) is 0 Å². The van der Waals surface area contributed by atoms with Gasteiger partial charge >= 0.3 is 0 Å². The molecule has 0 aromatic heterocycles. The summed E-state index contributed by atoms with van der Waals surface area (Å²) < 4.78 is 0. The third-order valence-electron chi connectivity index (χ3n) is 0.224. The lowest BCUT2D eigenvalue weighted by molar-refractivity contribution is 4.57. The van der Waals surface area contributed by atoms with Crippen LogP contribution in [0.1, 0.15) is 0 Å². The van der Waals surface area contributed by atoms with E-state index < -0.39 is 0 Å². The number of hydrogen-bond donors (Lipinski definition) is 0. The SMILES string of the molecule is PP[B]P(P)P. The largest absolute Gasteiger partial charge is 0.192 e. The van der Waals surface area contributed by atoms with Gasteiger partial charge < -0.3 is 0 Å². The van der Waals surface area contributed by atoms with Crippen molar-refractivity contribution in [2.75, 3.05) is 0 Å². The molecule has 0 aromatic carbocycles. The Morgan fingerprint density at radius 1 is 1.50 bits per heavy atom. The second-order valence-electron chi connectivity index (χ2n) is 0.743. The van der Waals surface area contributed by atoms with Crippen molar-refractivity contribution in [1.82, 2.24) is 0 Å². The predicted octanol–water partition coefficient (Wildman–Crippen LogP) is 2.05. The van der Waals surface area contributed by atoms with Crippen LogP contribution >= 0.6 is 42.1 Å². The fourth-order valence-corrected chi connectivity index (χ4v) is 6.97. The smallest absolute Gasteiger partial charge is 0.136 e. The first-order chi connectivity index (χ1) is 2.77. The van der Waals surface area contributed by atoms with Gasteiger partial charge in [0, 0.05) is 0 Å². The van der Waals surface area contributed by atoms with Gasteiger partial charge in [-0.3, -0.25) is 0 Å². The van der Waals surface area contributed by atoms with Crippen molar-refractivity contribution in [3.63, 3.8) is 0 Å². The van der Waals surface area contributed by atoms with Crippen molar-refractivity contribution in [2.45, 2.75) is 0 Å². The molecular weight excluding hydrogens is 166 g/mol. The van der Waals surface area contributed by atoms with Gasteiger partial charge in [0.15, 0.2) is 6.72 Å². The van der Waals surface area contributed by atoms with Crippen molar-refractivity contribution >= 4 is 48.8 Å². The van der Waals surface area contributed by atoms with Crippen LogP contribution in [0.3, 0.4) is 0 Å². The maximum absolute atomic E-state index is 2.74. The molecule has 0 saturated carbocycles. The average Bonchev–Trinajstić information content (AvgIpc) is 1.35. The molecule has 6 heavy (non-hydrogen) atoms. The highest BCUT2D eigenvalue weighted by Crippen LogP contribution is 2.55. The van der Waals surface area contributed by atoms with E-state index in [0.717, 1.165) is 8.15 Å². The van der Waals surface area contributed by atoms with Gasteiger partial charge in [0.25, 0.3) is 0 Å². The zero-order valence-electron chi connectivity index (χ0n) is 3.26. The minimum Gasteiger partial charge on any atom is -0.136 e. The summed E-state index contributed by atoms with van der Waals surface area (Å²) in [5, 5.41) is 0. The van der Waals surface area contributed by atoms with Gasteiger partial charge in [-0.1, -0.05) is 0 Å². The van der Waals surface area contributed by atoms with E-state index in [2.05, 4.69) is 33.5 Å². The zero-order chi connectivity index (χ0) is 4.99. The summed E-state index contributed by atoms with van der Waals surface area (Å²) >= 11 is 0. The molecule has 0 aliphatic carbocycles. The summed E-state index contributed by atoms with van der Waals surface area (Å²) in [6.45, 7) is 2.27. The lowest BCUT2D eigenvalue weighted by Crippen LogP contribution is -1.53. The van der Waals surface area contributed by atoms with Crippen LogP contribution in [0.5, 0.6) is 0 Å². The van der Waals surface area contributed by atoms with E-state index in [1.807, 2.05) is 0 Å². The van der Waals surface area contributed by atoms with Crippen LogP contribution in [-0.4, -0.2) is 6.72 Å². The van der Waals surface area contributed by atoms with Crippen molar-refractivity contribution in [3.05, 3.63) is 0 Å². The molecule has 4 atom stereocenters. The van der Waals surface area contributed by atoms with Crippen molar-refractivity contribution in [3.8, 4) is 0 Å². The molecule has 35 valence electrons. The second kappa shape index (κ2) is 5.35. The highest BCUT2D eigenvalue weighted by atomic mass is 32.4. The Kier molecular flexibility index (Phi) is 7.33. The standard InChI is InChI=1S/BH7P5/c2-5-1-6(3)4/h5H,2-4H2. The van der Waals surface area contributed by atoms with Crippen molar-refractivity contribution in [2.24, 2.45) is 0 Å². The fraction of sp³-hybridized carbons (Fsp3) is 0. The van der Waals surface area contributed by atoms with Crippen molar-refractivity contribution < 1.29 is 0 Å². The summed E-state index contributed by atoms with van der Waals surface area (Å²) in [6, 6.07) is 0. The molecule has 1 radical (unpaired) electrons. The molecule has 0 saturated heterocycles. The molecule has 0 aromatic rings. The summed E-state index contributed by atoms with van der Waals surface area (Å²) in [4.78, 5) is 0. The van der Waals surface area contributed by atoms with Gasteiger partial charge in [-0.25, -0.2) is 0 Å². The first kappa shape index (κ1) is 8.21. The van der Waals surface area contributed by atoms with E-state index in [9.17, 15) is 0 Å². The van der Waals surface area contributed by atoms with Crippen LogP contribution in [0.15, 0.2) is 0 Å². The lowest BCUT2D eigenvalue weighted by atomic mass is 10.7. The molecule has 0 N–H and O–H groups in total. The molecule has 6 heteroatoms. The van der Waals surface area contributed by atoms with Crippen LogP contribution in [0.25, 0.3) is 0 Å². The topological polar surface area (TPSA) is 0 Å². The Hall–Kier alpha value is 2.21. The first-order valence-corrected chi connectivity index (χ1v) is 8.89. The average molecular weight is 173 g/mol. The van der Waals surface area contributed by atoms with Gasteiger partial charge in [-0.05, 0) is 0 Å². The molecule has 0 aliphatic rings. The Bertz CT molecular complexity index is 25.1. The summed E-state index contributed by atoms with van der Waals surface area (Å²) in [5.74, 6) is 0. The van der Waals surface area contributed by atoms with Crippen LogP contribution in [0.4, 0.5) is 0 Å². The predicted molar refractivity (Wildman–Crippen MR) is 50.1 cm³/mol. The third-order valence-corrected chi connectivity index (χ3v) is 6.04. The molecule has 0 nitrogen and oxygen atoms in total. The molecule has 0 amide bonds. The van der Waals surface area contributed by atoms with Crippen LogP contribution < -0.4 is 0 Å². The monoisotopic (exact) mass is 173 g/mol. The molecular formula is H7BP5. The molecule has 0 rings (SSSR count). The van der Waals surface area contributed by atoms with E-state index in [1.165, 1.54) is 0 Å². The Balaban J connectivity index is 2.63. The lowest BCUT2D eigenvalue weighted by Gasteiger charge is -1.94. The highest BCUT2D eigenvalue weighted by molar-refractivity contribution is 8.62. The van der Waals surface area contributed by atoms with E-state index in [4.69, 9.17) is 0 Å². The van der Waals surface area contributed by atoms with Gasteiger partial charge in [0.1, 0.15) is 0 Å². The van der Waals surface area contributed by atoms with Gasteiger partial charge in [-0.2, -0.15) is 0 Å². The van der Waals surface area contributed by atoms with E-state index in [0.29, 0.717) is 0 Å². The van der Waals surface area contributed by atoms with E-state index >= 15 is 0 Å². The highest BCUT2D eigenvalue weighted by Gasteiger charge is 1.88. The molecule has 0 fully saturated rings. The first-order valence-electron chi connectivity index (χ1n) is 1.35. The van der Waals surface area contributed by atoms with Gasteiger partial charge in [-0.15, -0.1) is 42.1 Å². The molecule has 0 aliphatic heterocycles. The minimum absolute atomic E-state index is 0.0993. The molecule has 0 heterocycles. The minimum atomic E-state index is 0.0993. The maximum Gasteiger partial charge on any atom is 0.192 e. The molecule has 0 spiro atoms. The Morgan fingerprint density at radius 2 is 2.00 bits per heavy atom. The van der Waals surface area contributed by atoms with E-state index in [1.54, 1.807) is 0 Å². The van der Waals surface area contributed by atoms with Gasteiger partial charge in [0.05, 0.1) is 0 Å². The van der Waals surface area contributed by atoms with E-state index in [-0.39, 0.29) is 7.18 Å². The molecule has 4 unspecified atom stereocenters. The summed E-state index contributed by atoms with van der Waals surface area (Å²) in [5.41, 5.74) is 0. The zero-order valence-corrected chi connectivity index (χ0v) is 8.62. The second-order valence-corrected chi connectivity index (χ2v) is 9.37.